The summed E-state index contributed by atoms with van der Waals surface area (Å²) in [5, 5.41) is 0. The van der Waals surface area contributed by atoms with Gasteiger partial charge >= 0.3 is 0 Å². The van der Waals surface area contributed by atoms with Gasteiger partial charge in [-0.15, -0.1) is 0 Å². The third-order valence-electron chi connectivity index (χ3n) is 12.5. The molecular formula is C58H66O9. The molecule has 0 bridgehead atoms. The Kier molecular flexibility index (Phi) is 18.3. The second-order valence-electron chi connectivity index (χ2n) is 17.9. The molecule has 0 aromatic heterocycles. The van der Waals surface area contributed by atoms with Crippen molar-refractivity contribution in [3.63, 3.8) is 0 Å². The number of hydrogen-bond acceptors (Lipinski definition) is 9. The van der Waals surface area contributed by atoms with Crippen molar-refractivity contribution in [3.05, 3.63) is 215 Å². The Morgan fingerprint density at radius 2 is 0.701 bits per heavy atom. The first kappa shape index (κ1) is 48.4. The van der Waals surface area contributed by atoms with E-state index in [1.165, 1.54) is 0 Å². The van der Waals surface area contributed by atoms with E-state index in [0.29, 0.717) is 33.0 Å². The minimum absolute atomic E-state index is 0.0524. The van der Waals surface area contributed by atoms with Gasteiger partial charge in [0.05, 0.1) is 65.1 Å². The fourth-order valence-corrected chi connectivity index (χ4v) is 9.06. The van der Waals surface area contributed by atoms with E-state index in [1.807, 2.05) is 109 Å². The Morgan fingerprint density at radius 1 is 0.373 bits per heavy atom. The number of hydrogen-bond donors (Lipinski definition) is 0. The lowest BCUT2D eigenvalue weighted by molar-refractivity contribution is -0.359. The molecule has 2 fully saturated rings. The molecule has 2 heterocycles. The van der Waals surface area contributed by atoms with E-state index in [2.05, 4.69) is 93.6 Å². The van der Waals surface area contributed by atoms with Crippen LogP contribution >= 0.6 is 0 Å². The maximum Gasteiger partial charge on any atom is 0.187 e. The van der Waals surface area contributed by atoms with E-state index in [-0.39, 0.29) is 37.8 Å². The standard InChI is InChI=1S/C58H66O9/c1-42(2)52-43(3)53(61-36-46-26-14-6-15-27-46)55(51(65-52)41-60-35-45-24-12-5-13-25-45)67-58-57(64-39-49-32-20-9-21-33-49)56(63-38-48-30-18-8-19-31-48)54(62-37-47-28-16-7-17-29-47)50(66-58)40-59-34-44-22-10-4-11-23-44/h4-33,42-43,50-58H,34-41H2,1-3H3/t43?,50?,51?,52-,53+,54-,55-,56-,57?,58-/m0/s1. The second kappa shape index (κ2) is 25.4. The van der Waals surface area contributed by atoms with Gasteiger partial charge < -0.3 is 42.6 Å². The molecule has 2 saturated heterocycles. The maximum atomic E-state index is 7.47. The van der Waals surface area contributed by atoms with Crippen molar-refractivity contribution in [3.8, 4) is 0 Å². The summed E-state index contributed by atoms with van der Waals surface area (Å²) in [6, 6.07) is 61.1. The number of rotatable bonds is 23. The van der Waals surface area contributed by atoms with E-state index in [1.54, 1.807) is 0 Å². The molecule has 0 amide bonds. The minimum atomic E-state index is -0.970. The summed E-state index contributed by atoms with van der Waals surface area (Å²) in [4.78, 5) is 0. The van der Waals surface area contributed by atoms with Crippen molar-refractivity contribution in [1.29, 1.82) is 0 Å². The average molecular weight is 907 g/mol. The third-order valence-corrected chi connectivity index (χ3v) is 12.5. The van der Waals surface area contributed by atoms with Crippen LogP contribution in [-0.2, 0) is 82.3 Å². The van der Waals surface area contributed by atoms with Gasteiger partial charge in [-0.05, 0) is 39.3 Å². The Hall–Kier alpha value is -5.04. The molecule has 67 heavy (non-hydrogen) atoms. The first-order chi connectivity index (χ1) is 33.0. The fourth-order valence-electron chi connectivity index (χ4n) is 9.06. The van der Waals surface area contributed by atoms with Crippen molar-refractivity contribution in [2.75, 3.05) is 13.2 Å². The van der Waals surface area contributed by atoms with Crippen LogP contribution in [0.1, 0.15) is 54.2 Å². The van der Waals surface area contributed by atoms with Crippen molar-refractivity contribution >= 4 is 0 Å². The molecular weight excluding hydrogens is 841 g/mol. The predicted octanol–water partition coefficient (Wildman–Crippen LogP) is 10.9. The molecule has 6 aromatic carbocycles. The molecule has 4 unspecified atom stereocenters. The van der Waals surface area contributed by atoms with Crippen molar-refractivity contribution in [2.45, 2.75) is 116 Å². The molecule has 9 nitrogen and oxygen atoms in total. The third kappa shape index (κ3) is 14.0. The van der Waals surface area contributed by atoms with E-state index in [9.17, 15) is 0 Å². The zero-order valence-electron chi connectivity index (χ0n) is 39.0. The van der Waals surface area contributed by atoms with Gasteiger partial charge in [0.25, 0.3) is 0 Å². The molecule has 8 rings (SSSR count). The van der Waals surface area contributed by atoms with E-state index >= 15 is 0 Å². The zero-order chi connectivity index (χ0) is 46.0. The number of ether oxygens (including phenoxy) is 9. The van der Waals surface area contributed by atoms with Crippen molar-refractivity contribution in [1.82, 2.24) is 0 Å². The van der Waals surface area contributed by atoms with E-state index in [4.69, 9.17) is 42.6 Å². The van der Waals surface area contributed by atoms with Crippen LogP contribution in [0.5, 0.6) is 0 Å². The van der Waals surface area contributed by atoms with Crippen LogP contribution in [0.3, 0.4) is 0 Å². The Labute approximate surface area is 397 Å². The summed E-state index contributed by atoms with van der Waals surface area (Å²) >= 11 is 0. The lowest BCUT2D eigenvalue weighted by Gasteiger charge is -2.50. The molecule has 2 aliphatic heterocycles. The van der Waals surface area contributed by atoms with Crippen LogP contribution in [0.4, 0.5) is 0 Å². The van der Waals surface area contributed by atoms with Crippen molar-refractivity contribution < 1.29 is 42.6 Å². The SMILES string of the molecule is CC(C)[C@@H]1OC(COCc2ccccc2)[C@H](O[C@@H]2OC(COCc3ccccc3)[C@H](OCc3ccccc3)[C@H](OCc3ccccc3)C2OCc2ccccc2)[C@H](OCc2ccccc2)C1C. The van der Waals surface area contributed by atoms with Crippen LogP contribution in [0, 0.1) is 11.8 Å². The first-order valence-corrected chi connectivity index (χ1v) is 23.8. The topological polar surface area (TPSA) is 83.1 Å². The zero-order valence-corrected chi connectivity index (χ0v) is 39.0. The second-order valence-corrected chi connectivity index (χ2v) is 17.9. The lowest BCUT2D eigenvalue weighted by atomic mass is 9.83. The van der Waals surface area contributed by atoms with Gasteiger partial charge in [0, 0.05) is 5.92 Å². The summed E-state index contributed by atoms with van der Waals surface area (Å²) in [7, 11) is 0. The summed E-state index contributed by atoms with van der Waals surface area (Å²) < 4.78 is 62.9. The number of benzene rings is 6. The summed E-state index contributed by atoms with van der Waals surface area (Å²) in [6.45, 7) is 9.18. The Morgan fingerprint density at radius 3 is 1.09 bits per heavy atom. The molecule has 0 aliphatic carbocycles. The smallest absolute Gasteiger partial charge is 0.187 e. The Balaban J connectivity index is 1.17. The van der Waals surface area contributed by atoms with Gasteiger partial charge in [-0.25, -0.2) is 0 Å². The highest BCUT2D eigenvalue weighted by Crippen LogP contribution is 2.38. The molecule has 0 radical (unpaired) electrons. The summed E-state index contributed by atoms with van der Waals surface area (Å²) in [5.74, 6) is 0.149. The molecule has 352 valence electrons. The highest BCUT2D eigenvalue weighted by molar-refractivity contribution is 5.18. The molecule has 0 saturated carbocycles. The minimum Gasteiger partial charge on any atom is -0.374 e. The van der Waals surface area contributed by atoms with Crippen LogP contribution in [-0.4, -0.2) is 68.3 Å². The van der Waals surface area contributed by atoms with Gasteiger partial charge in [-0.1, -0.05) is 203 Å². The monoisotopic (exact) mass is 906 g/mol. The fraction of sp³-hybridized carbons (Fsp3) is 0.379. The van der Waals surface area contributed by atoms with Gasteiger partial charge in [0.15, 0.2) is 6.29 Å². The molecule has 6 aromatic rings. The molecule has 0 spiro atoms. The van der Waals surface area contributed by atoms with Crippen LogP contribution < -0.4 is 0 Å². The summed E-state index contributed by atoms with van der Waals surface area (Å²) in [6.07, 6.45) is -5.35. The molecule has 2 aliphatic rings. The normalized spacial score (nSPS) is 25.3. The molecule has 9 heteroatoms. The first-order valence-electron chi connectivity index (χ1n) is 23.8. The maximum absolute atomic E-state index is 7.47. The van der Waals surface area contributed by atoms with Gasteiger partial charge in [-0.2, -0.15) is 0 Å². The van der Waals surface area contributed by atoms with Crippen LogP contribution in [0.2, 0.25) is 0 Å². The molecule has 0 N–H and O–H groups in total. The molecule has 10 atom stereocenters. The Bertz CT molecular complexity index is 2250. The van der Waals surface area contributed by atoms with Gasteiger partial charge in [0.2, 0.25) is 0 Å². The van der Waals surface area contributed by atoms with Crippen molar-refractivity contribution in [2.24, 2.45) is 11.8 Å². The highest BCUT2D eigenvalue weighted by atomic mass is 16.7. The quantitative estimate of drug-likeness (QED) is 0.0624. The van der Waals surface area contributed by atoms with Gasteiger partial charge in [-0.3, -0.25) is 0 Å². The highest BCUT2D eigenvalue weighted by Gasteiger charge is 2.53. The largest absolute Gasteiger partial charge is 0.374 e. The lowest BCUT2D eigenvalue weighted by Crippen LogP contribution is -2.65. The van der Waals surface area contributed by atoms with E-state index < -0.39 is 49.0 Å². The van der Waals surface area contributed by atoms with Gasteiger partial charge in [0.1, 0.15) is 36.6 Å². The van der Waals surface area contributed by atoms with E-state index in [0.717, 1.165) is 33.4 Å². The van der Waals surface area contributed by atoms with Crippen LogP contribution in [0.15, 0.2) is 182 Å². The predicted molar refractivity (Wildman–Crippen MR) is 258 cm³/mol. The average Bonchev–Trinajstić information content (AvgIpc) is 3.37. The van der Waals surface area contributed by atoms with Crippen LogP contribution in [0.25, 0.3) is 0 Å². The summed E-state index contributed by atoms with van der Waals surface area (Å²) in [5.41, 5.74) is 6.25.